The monoisotopic (exact) mass is 269 g/mol. The zero-order valence-electron chi connectivity index (χ0n) is 11.9. The van der Waals surface area contributed by atoms with Crippen LogP contribution in [0.25, 0.3) is 0 Å². The maximum absolute atomic E-state index is 5.29. The van der Waals surface area contributed by atoms with Gasteiger partial charge in [0.2, 0.25) is 0 Å². The highest BCUT2D eigenvalue weighted by Gasteiger charge is 2.03. The molecule has 0 unspecified atom stereocenters. The van der Waals surface area contributed by atoms with Crippen LogP contribution in [0.1, 0.15) is 11.1 Å². The third-order valence-corrected chi connectivity index (χ3v) is 3.02. The first-order valence-electron chi connectivity index (χ1n) is 6.59. The van der Waals surface area contributed by atoms with E-state index in [9.17, 15) is 0 Å². The number of ether oxygens (including phenoxy) is 2. The molecule has 0 aromatic heterocycles. The predicted octanol–water partition coefficient (Wildman–Crippen LogP) is 3.37. The van der Waals surface area contributed by atoms with Crippen molar-refractivity contribution in [3.63, 3.8) is 0 Å². The SMILES string of the molecule is COc1ccc(CCN=Cc2ccccc2)cc1OC. The number of benzene rings is 2. The fraction of sp³-hybridized carbons (Fsp3) is 0.235. The molecule has 0 saturated carbocycles. The van der Waals surface area contributed by atoms with Crippen LogP contribution >= 0.6 is 0 Å². The highest BCUT2D eigenvalue weighted by molar-refractivity contribution is 5.79. The minimum atomic E-state index is 0.754. The number of hydrogen-bond donors (Lipinski definition) is 0. The van der Waals surface area contributed by atoms with E-state index in [1.807, 2.05) is 54.7 Å². The van der Waals surface area contributed by atoms with Gasteiger partial charge in [0.1, 0.15) is 0 Å². The van der Waals surface area contributed by atoms with Gasteiger partial charge in [-0.15, -0.1) is 0 Å². The average molecular weight is 269 g/mol. The molecule has 0 aliphatic carbocycles. The molecule has 0 radical (unpaired) electrons. The lowest BCUT2D eigenvalue weighted by Gasteiger charge is -2.08. The fourth-order valence-corrected chi connectivity index (χ4v) is 1.94. The van der Waals surface area contributed by atoms with Gasteiger partial charge in [-0.1, -0.05) is 36.4 Å². The van der Waals surface area contributed by atoms with Gasteiger partial charge in [-0.2, -0.15) is 0 Å². The zero-order valence-corrected chi connectivity index (χ0v) is 11.9. The van der Waals surface area contributed by atoms with Crippen LogP contribution in [0.2, 0.25) is 0 Å². The molecule has 0 atom stereocenters. The van der Waals surface area contributed by atoms with Gasteiger partial charge in [-0.3, -0.25) is 4.99 Å². The molecule has 0 saturated heterocycles. The molecule has 3 nitrogen and oxygen atoms in total. The maximum Gasteiger partial charge on any atom is 0.160 e. The second-order valence-corrected chi connectivity index (χ2v) is 4.39. The number of rotatable bonds is 6. The Bertz CT molecular complexity index is 564. The highest BCUT2D eigenvalue weighted by atomic mass is 16.5. The Morgan fingerprint density at radius 2 is 1.70 bits per heavy atom. The molecular formula is C17H19NO2. The predicted molar refractivity (Wildman–Crippen MR) is 82.2 cm³/mol. The number of aliphatic imine (C=N–C) groups is 1. The van der Waals surface area contributed by atoms with Crippen molar-refractivity contribution in [2.45, 2.75) is 6.42 Å². The summed E-state index contributed by atoms with van der Waals surface area (Å²) in [4.78, 5) is 4.44. The lowest BCUT2D eigenvalue weighted by atomic mass is 10.1. The van der Waals surface area contributed by atoms with Gasteiger partial charge in [0.05, 0.1) is 14.2 Å². The van der Waals surface area contributed by atoms with Crippen molar-refractivity contribution in [2.75, 3.05) is 20.8 Å². The Labute approximate surface area is 119 Å². The Balaban J connectivity index is 1.93. The molecule has 3 heteroatoms. The summed E-state index contributed by atoms with van der Waals surface area (Å²) in [6, 6.07) is 16.1. The van der Waals surface area contributed by atoms with E-state index < -0.39 is 0 Å². The van der Waals surface area contributed by atoms with E-state index in [1.165, 1.54) is 5.56 Å². The van der Waals surface area contributed by atoms with Gasteiger partial charge >= 0.3 is 0 Å². The molecule has 104 valence electrons. The molecule has 0 aliphatic rings. The van der Waals surface area contributed by atoms with Crippen LogP contribution in [0.4, 0.5) is 0 Å². The molecule has 0 amide bonds. The lowest BCUT2D eigenvalue weighted by Crippen LogP contribution is -1.95. The molecule has 2 aromatic carbocycles. The fourth-order valence-electron chi connectivity index (χ4n) is 1.94. The first-order chi connectivity index (χ1) is 9.83. The van der Waals surface area contributed by atoms with E-state index in [4.69, 9.17) is 9.47 Å². The summed E-state index contributed by atoms with van der Waals surface area (Å²) in [7, 11) is 3.29. The molecule has 20 heavy (non-hydrogen) atoms. The second-order valence-electron chi connectivity index (χ2n) is 4.39. The van der Waals surface area contributed by atoms with Crippen molar-refractivity contribution in [3.8, 4) is 11.5 Å². The number of hydrogen-bond acceptors (Lipinski definition) is 3. The van der Waals surface area contributed by atoms with Crippen molar-refractivity contribution in [3.05, 3.63) is 59.7 Å². The Morgan fingerprint density at radius 3 is 2.40 bits per heavy atom. The van der Waals surface area contributed by atoms with Crippen molar-refractivity contribution < 1.29 is 9.47 Å². The van der Waals surface area contributed by atoms with Crippen LogP contribution in [0.15, 0.2) is 53.5 Å². The highest BCUT2D eigenvalue weighted by Crippen LogP contribution is 2.27. The van der Waals surface area contributed by atoms with Crippen LogP contribution in [-0.2, 0) is 6.42 Å². The van der Waals surface area contributed by atoms with Crippen LogP contribution in [0.5, 0.6) is 11.5 Å². The van der Waals surface area contributed by atoms with Crippen LogP contribution in [-0.4, -0.2) is 27.0 Å². The van der Waals surface area contributed by atoms with E-state index in [-0.39, 0.29) is 0 Å². The molecule has 0 heterocycles. The molecule has 0 N–H and O–H groups in total. The summed E-state index contributed by atoms with van der Waals surface area (Å²) in [6.07, 6.45) is 2.78. The molecule has 2 aromatic rings. The third-order valence-electron chi connectivity index (χ3n) is 3.02. The summed E-state index contributed by atoms with van der Waals surface area (Å²) in [6.45, 7) is 0.754. The minimum absolute atomic E-state index is 0.754. The molecule has 2 rings (SSSR count). The van der Waals surface area contributed by atoms with Crippen molar-refractivity contribution in [1.29, 1.82) is 0 Å². The summed E-state index contributed by atoms with van der Waals surface area (Å²) in [5.41, 5.74) is 2.31. The first-order valence-corrected chi connectivity index (χ1v) is 6.59. The number of methoxy groups -OCH3 is 2. The third kappa shape index (κ3) is 3.85. The maximum atomic E-state index is 5.29. The summed E-state index contributed by atoms with van der Waals surface area (Å²) >= 11 is 0. The molecule has 0 bridgehead atoms. The van der Waals surface area contributed by atoms with Gasteiger partial charge in [-0.05, 0) is 29.7 Å². The van der Waals surface area contributed by atoms with E-state index >= 15 is 0 Å². The molecule has 0 spiro atoms. The van der Waals surface area contributed by atoms with Crippen molar-refractivity contribution >= 4 is 6.21 Å². The van der Waals surface area contributed by atoms with Crippen molar-refractivity contribution in [1.82, 2.24) is 0 Å². The second kappa shape index (κ2) is 7.34. The summed E-state index contributed by atoms with van der Waals surface area (Å²) in [5, 5.41) is 0. The van der Waals surface area contributed by atoms with Crippen LogP contribution < -0.4 is 9.47 Å². The number of nitrogens with zero attached hydrogens (tertiary/aromatic N) is 1. The normalized spacial score (nSPS) is 10.7. The van der Waals surface area contributed by atoms with Crippen LogP contribution in [0.3, 0.4) is 0 Å². The van der Waals surface area contributed by atoms with E-state index in [0.717, 1.165) is 30.0 Å². The standard InChI is InChI=1S/C17H19NO2/c1-19-16-9-8-14(12-17(16)20-2)10-11-18-13-15-6-4-3-5-7-15/h3-9,12-13H,10-11H2,1-2H3. The smallest absolute Gasteiger partial charge is 0.160 e. The van der Waals surface area contributed by atoms with Crippen molar-refractivity contribution in [2.24, 2.45) is 4.99 Å². The van der Waals surface area contributed by atoms with Crippen LogP contribution in [0, 0.1) is 0 Å². The Hall–Kier alpha value is -2.29. The summed E-state index contributed by atoms with van der Waals surface area (Å²) in [5.74, 6) is 1.51. The summed E-state index contributed by atoms with van der Waals surface area (Å²) < 4.78 is 10.5. The lowest BCUT2D eigenvalue weighted by molar-refractivity contribution is 0.354. The van der Waals surface area contributed by atoms with E-state index in [0.29, 0.717) is 0 Å². The first kappa shape index (κ1) is 14.1. The van der Waals surface area contributed by atoms with Gasteiger partial charge in [0, 0.05) is 12.8 Å². The van der Waals surface area contributed by atoms with Gasteiger partial charge in [0.15, 0.2) is 11.5 Å². The zero-order chi connectivity index (χ0) is 14.2. The van der Waals surface area contributed by atoms with Gasteiger partial charge < -0.3 is 9.47 Å². The molecular weight excluding hydrogens is 250 g/mol. The minimum Gasteiger partial charge on any atom is -0.493 e. The van der Waals surface area contributed by atoms with E-state index in [1.54, 1.807) is 14.2 Å². The topological polar surface area (TPSA) is 30.8 Å². The molecule has 0 aliphatic heterocycles. The Morgan fingerprint density at radius 1 is 0.950 bits per heavy atom. The van der Waals surface area contributed by atoms with E-state index in [2.05, 4.69) is 4.99 Å². The Kier molecular flexibility index (Phi) is 5.18. The van der Waals surface area contributed by atoms with Gasteiger partial charge in [-0.25, -0.2) is 0 Å². The largest absolute Gasteiger partial charge is 0.493 e. The quantitative estimate of drug-likeness (QED) is 0.753. The average Bonchev–Trinajstić information content (AvgIpc) is 2.52. The van der Waals surface area contributed by atoms with Gasteiger partial charge in [0.25, 0.3) is 0 Å². The molecule has 0 fully saturated rings.